The molecule has 1 N–H and O–H groups in total. The molecule has 2 atom stereocenters. The van der Waals surface area contributed by atoms with Crippen molar-refractivity contribution in [1.82, 2.24) is 0 Å². The van der Waals surface area contributed by atoms with E-state index < -0.39 is 0 Å². The van der Waals surface area contributed by atoms with Gasteiger partial charge in [-0.25, -0.2) is 0 Å². The lowest BCUT2D eigenvalue weighted by Gasteiger charge is -2.31. The molecule has 1 aliphatic rings. The first-order valence-electron chi connectivity index (χ1n) is 6.35. The van der Waals surface area contributed by atoms with Crippen LogP contribution in [0, 0.1) is 10.1 Å². The van der Waals surface area contributed by atoms with Gasteiger partial charge in [0.15, 0.2) is 0 Å². The summed E-state index contributed by atoms with van der Waals surface area (Å²) >= 11 is 3.26. The van der Waals surface area contributed by atoms with Gasteiger partial charge in [-0.3, -0.25) is 10.1 Å². The van der Waals surface area contributed by atoms with Crippen molar-refractivity contribution in [2.75, 3.05) is 12.4 Å². The van der Waals surface area contributed by atoms with Crippen molar-refractivity contribution in [2.45, 2.75) is 37.8 Å². The van der Waals surface area contributed by atoms with Crippen molar-refractivity contribution in [3.63, 3.8) is 0 Å². The molecule has 1 fully saturated rings. The zero-order valence-corrected chi connectivity index (χ0v) is 12.4. The number of nitrogens with zero attached hydrogens (tertiary/aromatic N) is 1. The van der Waals surface area contributed by atoms with Crippen molar-refractivity contribution < 1.29 is 9.66 Å². The molecule has 104 valence electrons. The molecule has 0 amide bonds. The van der Waals surface area contributed by atoms with E-state index in [9.17, 15) is 10.1 Å². The van der Waals surface area contributed by atoms with Gasteiger partial charge >= 0.3 is 0 Å². The monoisotopic (exact) mass is 328 g/mol. The van der Waals surface area contributed by atoms with Gasteiger partial charge in [0, 0.05) is 17.6 Å². The van der Waals surface area contributed by atoms with Gasteiger partial charge in [-0.05, 0) is 25.0 Å². The molecule has 6 heteroatoms. The summed E-state index contributed by atoms with van der Waals surface area (Å²) in [5.74, 6) is 0. The minimum Gasteiger partial charge on any atom is -0.379 e. The SMILES string of the molecule is COC1CCCCC1Nc1ccc(Br)cc1[N+](=O)[O-]. The van der Waals surface area contributed by atoms with E-state index >= 15 is 0 Å². The van der Waals surface area contributed by atoms with E-state index in [1.807, 2.05) is 0 Å². The molecule has 5 nitrogen and oxygen atoms in total. The summed E-state index contributed by atoms with van der Waals surface area (Å²) in [5.41, 5.74) is 0.650. The average Bonchev–Trinajstić information content (AvgIpc) is 2.41. The third-order valence-electron chi connectivity index (χ3n) is 3.50. The Hall–Kier alpha value is -1.14. The maximum Gasteiger partial charge on any atom is 0.293 e. The molecule has 19 heavy (non-hydrogen) atoms. The molecular weight excluding hydrogens is 312 g/mol. The number of ether oxygens (including phenoxy) is 1. The second-order valence-corrected chi connectivity index (χ2v) is 5.64. The summed E-state index contributed by atoms with van der Waals surface area (Å²) in [6.45, 7) is 0. The zero-order chi connectivity index (χ0) is 13.8. The third kappa shape index (κ3) is 3.45. The van der Waals surface area contributed by atoms with Gasteiger partial charge in [-0.2, -0.15) is 0 Å². The van der Waals surface area contributed by atoms with E-state index in [0.717, 1.165) is 25.7 Å². The lowest BCUT2D eigenvalue weighted by atomic mass is 9.92. The minimum absolute atomic E-state index is 0.0924. The molecule has 1 saturated carbocycles. The summed E-state index contributed by atoms with van der Waals surface area (Å²) in [7, 11) is 1.70. The van der Waals surface area contributed by atoms with Gasteiger partial charge in [0.1, 0.15) is 5.69 Å². The number of methoxy groups -OCH3 is 1. The highest BCUT2D eigenvalue weighted by atomic mass is 79.9. The molecule has 0 radical (unpaired) electrons. The topological polar surface area (TPSA) is 64.4 Å². The largest absolute Gasteiger partial charge is 0.379 e. The highest BCUT2D eigenvalue weighted by Gasteiger charge is 2.26. The summed E-state index contributed by atoms with van der Waals surface area (Å²) in [4.78, 5) is 10.7. The van der Waals surface area contributed by atoms with Gasteiger partial charge in [0.05, 0.1) is 17.1 Å². The molecular formula is C13H17BrN2O3. The maximum absolute atomic E-state index is 11.1. The first-order chi connectivity index (χ1) is 9.11. The molecule has 0 aromatic heterocycles. The number of hydrogen-bond acceptors (Lipinski definition) is 4. The Bertz CT molecular complexity index is 467. The van der Waals surface area contributed by atoms with Crippen LogP contribution in [0.2, 0.25) is 0 Å². The quantitative estimate of drug-likeness (QED) is 0.675. The molecule has 2 unspecified atom stereocenters. The molecule has 1 aromatic rings. The van der Waals surface area contributed by atoms with Crippen LogP contribution in [0.3, 0.4) is 0 Å². The number of rotatable bonds is 4. The highest BCUT2D eigenvalue weighted by Crippen LogP contribution is 2.31. The van der Waals surface area contributed by atoms with E-state index in [1.165, 1.54) is 6.07 Å². The standard InChI is InChI=1S/C13H17BrN2O3/c1-19-13-5-3-2-4-11(13)15-10-7-6-9(14)8-12(10)16(17)18/h6-8,11,13,15H,2-5H2,1H3. The van der Waals surface area contributed by atoms with E-state index in [-0.39, 0.29) is 22.8 Å². The number of nitrogens with one attached hydrogen (secondary N) is 1. The number of benzene rings is 1. The second kappa shape index (κ2) is 6.34. The van der Waals surface area contributed by atoms with Gasteiger partial charge in [0.25, 0.3) is 5.69 Å². The van der Waals surface area contributed by atoms with E-state index in [2.05, 4.69) is 21.2 Å². The van der Waals surface area contributed by atoms with Crippen LogP contribution >= 0.6 is 15.9 Å². The van der Waals surface area contributed by atoms with Crippen LogP contribution in [0.15, 0.2) is 22.7 Å². The van der Waals surface area contributed by atoms with Gasteiger partial charge in [-0.15, -0.1) is 0 Å². The van der Waals surface area contributed by atoms with E-state index in [4.69, 9.17) is 4.74 Å². The Labute approximate surface area is 120 Å². The van der Waals surface area contributed by atoms with Crippen molar-refractivity contribution in [2.24, 2.45) is 0 Å². The van der Waals surface area contributed by atoms with Crippen LogP contribution in [0.4, 0.5) is 11.4 Å². The summed E-state index contributed by atoms with van der Waals surface area (Å²) in [6.07, 6.45) is 4.38. The molecule has 2 rings (SSSR count). The third-order valence-corrected chi connectivity index (χ3v) is 4.00. The first kappa shape index (κ1) is 14.3. The smallest absolute Gasteiger partial charge is 0.293 e. The van der Waals surface area contributed by atoms with Crippen LogP contribution < -0.4 is 5.32 Å². The van der Waals surface area contributed by atoms with Gasteiger partial charge < -0.3 is 10.1 Å². The van der Waals surface area contributed by atoms with Gasteiger partial charge in [0.2, 0.25) is 0 Å². The second-order valence-electron chi connectivity index (χ2n) is 4.73. The average molecular weight is 329 g/mol. The summed E-state index contributed by atoms with van der Waals surface area (Å²) < 4.78 is 6.16. The molecule has 0 bridgehead atoms. The molecule has 0 saturated heterocycles. The maximum atomic E-state index is 11.1. The molecule has 1 aromatic carbocycles. The van der Waals surface area contributed by atoms with Crippen molar-refractivity contribution in [1.29, 1.82) is 0 Å². The van der Waals surface area contributed by atoms with Crippen molar-refractivity contribution in [3.8, 4) is 0 Å². The Kier molecular flexibility index (Phi) is 4.76. The van der Waals surface area contributed by atoms with E-state index in [0.29, 0.717) is 10.2 Å². The van der Waals surface area contributed by atoms with Crippen molar-refractivity contribution >= 4 is 27.3 Å². The summed E-state index contributed by atoms with van der Waals surface area (Å²) in [5, 5.41) is 14.4. The van der Waals surface area contributed by atoms with E-state index in [1.54, 1.807) is 19.2 Å². The molecule has 0 heterocycles. The molecule has 1 aliphatic carbocycles. The predicted octanol–water partition coefficient (Wildman–Crippen LogP) is 3.73. The fraction of sp³-hybridized carbons (Fsp3) is 0.538. The van der Waals surface area contributed by atoms with Gasteiger partial charge in [-0.1, -0.05) is 28.8 Å². The number of anilines is 1. The van der Waals surface area contributed by atoms with Crippen LogP contribution in [0.25, 0.3) is 0 Å². The van der Waals surface area contributed by atoms with Crippen LogP contribution in [0.1, 0.15) is 25.7 Å². The zero-order valence-electron chi connectivity index (χ0n) is 10.8. The summed E-state index contributed by atoms with van der Waals surface area (Å²) in [6, 6.07) is 5.20. The Balaban J connectivity index is 2.20. The van der Waals surface area contributed by atoms with Crippen LogP contribution in [0.5, 0.6) is 0 Å². The lowest BCUT2D eigenvalue weighted by Crippen LogP contribution is -2.37. The Morgan fingerprint density at radius 3 is 2.84 bits per heavy atom. The lowest BCUT2D eigenvalue weighted by molar-refractivity contribution is -0.384. The normalized spacial score (nSPS) is 23.1. The predicted molar refractivity (Wildman–Crippen MR) is 77.5 cm³/mol. The molecule has 0 aliphatic heterocycles. The van der Waals surface area contributed by atoms with Crippen LogP contribution in [-0.2, 0) is 4.74 Å². The first-order valence-corrected chi connectivity index (χ1v) is 7.14. The van der Waals surface area contributed by atoms with Crippen LogP contribution in [-0.4, -0.2) is 24.2 Å². The number of hydrogen-bond donors (Lipinski definition) is 1. The fourth-order valence-corrected chi connectivity index (χ4v) is 2.87. The molecule has 0 spiro atoms. The Morgan fingerprint density at radius 2 is 2.16 bits per heavy atom. The number of nitro benzene ring substituents is 1. The minimum atomic E-state index is -0.363. The number of halogens is 1. The number of nitro groups is 1. The highest BCUT2D eigenvalue weighted by molar-refractivity contribution is 9.10. The van der Waals surface area contributed by atoms with Crippen molar-refractivity contribution in [3.05, 3.63) is 32.8 Å². The fourth-order valence-electron chi connectivity index (χ4n) is 2.52. The Morgan fingerprint density at radius 1 is 1.42 bits per heavy atom.